The van der Waals surface area contributed by atoms with Gasteiger partial charge >= 0.3 is 6.09 Å². The second kappa shape index (κ2) is 10.7. The van der Waals surface area contributed by atoms with Crippen molar-refractivity contribution in [1.82, 2.24) is 4.57 Å². The van der Waals surface area contributed by atoms with Gasteiger partial charge in [-0.05, 0) is 49.6 Å². The Morgan fingerprint density at radius 3 is 2.58 bits per heavy atom. The number of hydrogen-bond donors (Lipinski definition) is 1. The number of fused-ring (bicyclic) bond motifs is 1. The molecule has 0 aliphatic rings. The molecule has 0 saturated carbocycles. The normalized spacial score (nSPS) is 10.6. The molecule has 1 aromatic heterocycles. The fourth-order valence-electron chi connectivity index (χ4n) is 3.47. The molecule has 7 heteroatoms. The van der Waals surface area contributed by atoms with Gasteiger partial charge in [0.25, 0.3) is 0 Å². The molecule has 3 rings (SSSR count). The fourth-order valence-corrected chi connectivity index (χ4v) is 3.57. The number of anilines is 1. The van der Waals surface area contributed by atoms with E-state index >= 15 is 0 Å². The minimum atomic E-state index is -0.475. The molecule has 0 aliphatic carbocycles. The molecule has 2 aromatic carbocycles. The van der Waals surface area contributed by atoms with Crippen LogP contribution in [0.15, 0.2) is 42.5 Å². The quantitative estimate of drug-likeness (QED) is 0.319. The number of nitriles is 1. The summed E-state index contributed by atoms with van der Waals surface area (Å²) in [6, 6.07) is 15.6. The van der Waals surface area contributed by atoms with E-state index in [-0.39, 0.29) is 0 Å². The van der Waals surface area contributed by atoms with Gasteiger partial charge in [0.05, 0.1) is 30.0 Å². The van der Waals surface area contributed by atoms with Crippen molar-refractivity contribution in [1.29, 1.82) is 5.26 Å². The van der Waals surface area contributed by atoms with Crippen LogP contribution in [0.25, 0.3) is 22.2 Å². The highest BCUT2D eigenvalue weighted by atomic mass is 35.5. The van der Waals surface area contributed by atoms with Crippen LogP contribution in [0.2, 0.25) is 0 Å². The number of aromatic nitrogens is 1. The van der Waals surface area contributed by atoms with Gasteiger partial charge in [-0.3, -0.25) is 5.32 Å². The zero-order valence-electron chi connectivity index (χ0n) is 17.8. The largest absolute Gasteiger partial charge is 0.493 e. The molecule has 1 heterocycles. The number of amides is 1. The van der Waals surface area contributed by atoms with Crippen LogP contribution in [-0.4, -0.2) is 29.8 Å². The number of ether oxygens (including phenoxy) is 2. The predicted molar refractivity (Wildman–Crippen MR) is 124 cm³/mol. The maximum atomic E-state index is 11.8. The fraction of sp³-hybridized carbons (Fsp3) is 0.333. The van der Waals surface area contributed by atoms with Crippen LogP contribution in [0.1, 0.15) is 32.3 Å². The Balaban J connectivity index is 1.95. The van der Waals surface area contributed by atoms with Gasteiger partial charge in [0.15, 0.2) is 0 Å². The number of nitrogens with zero attached hydrogens (tertiary/aromatic N) is 2. The van der Waals surface area contributed by atoms with E-state index in [0.717, 1.165) is 40.8 Å². The summed E-state index contributed by atoms with van der Waals surface area (Å²) in [4.78, 5) is 11.8. The van der Waals surface area contributed by atoms with E-state index in [1.807, 2.05) is 56.3 Å². The number of rotatable bonds is 9. The summed E-state index contributed by atoms with van der Waals surface area (Å²) in [5.41, 5.74) is 3.94. The van der Waals surface area contributed by atoms with Crippen molar-refractivity contribution in [2.75, 3.05) is 24.4 Å². The molecule has 0 spiro atoms. The maximum absolute atomic E-state index is 11.8. The van der Waals surface area contributed by atoms with Crippen LogP contribution < -0.4 is 10.1 Å². The van der Waals surface area contributed by atoms with Crippen LogP contribution in [-0.2, 0) is 11.3 Å². The van der Waals surface area contributed by atoms with Gasteiger partial charge in [0.1, 0.15) is 11.8 Å². The molecule has 6 nitrogen and oxygen atoms in total. The summed E-state index contributed by atoms with van der Waals surface area (Å²) in [6.45, 7) is 5.61. The number of alkyl halides is 1. The standard InChI is InChI=1S/C24H26ClN3O3/c1-3-13-31-24(29)27-18-8-6-17(7-9-18)23-21(16-26)20-11-10-19(30-14-5-12-25)15-22(20)28(23)4-2/h6-11,15H,3-5,12-14H2,1-2H3,(H,27,29). The first kappa shape index (κ1) is 22.5. The lowest BCUT2D eigenvalue weighted by atomic mass is 10.1. The Bertz CT molecular complexity index is 1080. The van der Waals surface area contributed by atoms with E-state index in [9.17, 15) is 10.1 Å². The lowest BCUT2D eigenvalue weighted by Crippen LogP contribution is -2.13. The predicted octanol–water partition coefficient (Wildman–Crippen LogP) is 6.17. The van der Waals surface area contributed by atoms with Crippen LogP contribution >= 0.6 is 11.6 Å². The molecule has 0 fully saturated rings. The third kappa shape index (κ3) is 5.12. The Kier molecular flexibility index (Phi) is 7.80. The number of carbonyl (C=O) groups excluding carboxylic acids is 1. The van der Waals surface area contributed by atoms with Crippen LogP contribution in [0.5, 0.6) is 5.75 Å². The zero-order chi connectivity index (χ0) is 22.2. The molecule has 1 amide bonds. The number of nitrogens with one attached hydrogen (secondary N) is 1. The van der Waals surface area contributed by atoms with E-state index in [2.05, 4.69) is 16.0 Å². The van der Waals surface area contributed by atoms with Crippen LogP contribution in [0.4, 0.5) is 10.5 Å². The van der Waals surface area contributed by atoms with Gasteiger partial charge in [-0.15, -0.1) is 11.6 Å². The second-order valence-corrected chi connectivity index (χ2v) is 7.37. The van der Waals surface area contributed by atoms with Crippen molar-refractivity contribution in [3.8, 4) is 23.1 Å². The molecule has 0 bridgehead atoms. The van der Waals surface area contributed by atoms with Crippen molar-refractivity contribution < 1.29 is 14.3 Å². The van der Waals surface area contributed by atoms with Gasteiger partial charge in [0.2, 0.25) is 0 Å². The van der Waals surface area contributed by atoms with E-state index in [1.165, 1.54) is 0 Å². The van der Waals surface area contributed by atoms with E-state index < -0.39 is 6.09 Å². The Morgan fingerprint density at radius 1 is 1.16 bits per heavy atom. The Labute approximate surface area is 187 Å². The van der Waals surface area contributed by atoms with Crippen LogP contribution in [0, 0.1) is 11.3 Å². The molecule has 31 heavy (non-hydrogen) atoms. The highest BCUT2D eigenvalue weighted by molar-refractivity contribution is 6.17. The summed E-state index contributed by atoms with van der Waals surface area (Å²) in [6.07, 6.45) is 1.07. The third-order valence-electron chi connectivity index (χ3n) is 4.85. The number of halogens is 1. The monoisotopic (exact) mass is 439 g/mol. The second-order valence-electron chi connectivity index (χ2n) is 6.99. The van der Waals surface area contributed by atoms with E-state index in [1.54, 1.807) is 0 Å². The third-order valence-corrected chi connectivity index (χ3v) is 5.12. The molecular formula is C24H26ClN3O3. The smallest absolute Gasteiger partial charge is 0.411 e. The average Bonchev–Trinajstić information content (AvgIpc) is 3.11. The topological polar surface area (TPSA) is 76.3 Å². The summed E-state index contributed by atoms with van der Waals surface area (Å²) >= 11 is 5.73. The summed E-state index contributed by atoms with van der Waals surface area (Å²) in [7, 11) is 0. The average molecular weight is 440 g/mol. The van der Waals surface area contributed by atoms with E-state index in [4.69, 9.17) is 21.1 Å². The van der Waals surface area contributed by atoms with Gasteiger partial charge in [-0.1, -0.05) is 19.1 Å². The first-order valence-electron chi connectivity index (χ1n) is 10.4. The molecule has 162 valence electrons. The van der Waals surface area contributed by atoms with Crippen molar-refractivity contribution >= 4 is 34.3 Å². The molecule has 1 N–H and O–H groups in total. The van der Waals surface area contributed by atoms with Crippen molar-refractivity contribution in [2.45, 2.75) is 33.2 Å². The highest BCUT2D eigenvalue weighted by Crippen LogP contribution is 2.35. The summed E-state index contributed by atoms with van der Waals surface area (Å²) < 4.78 is 13.0. The first-order valence-corrected chi connectivity index (χ1v) is 11.0. The molecule has 3 aromatic rings. The number of carbonyl (C=O) groups is 1. The zero-order valence-corrected chi connectivity index (χ0v) is 18.5. The van der Waals surface area contributed by atoms with Crippen molar-refractivity contribution in [2.24, 2.45) is 0 Å². The van der Waals surface area contributed by atoms with E-state index in [0.29, 0.717) is 36.9 Å². The maximum Gasteiger partial charge on any atom is 0.411 e. The summed E-state index contributed by atoms with van der Waals surface area (Å²) in [5, 5.41) is 13.5. The minimum absolute atomic E-state index is 0.379. The Morgan fingerprint density at radius 2 is 1.94 bits per heavy atom. The minimum Gasteiger partial charge on any atom is -0.493 e. The first-order chi connectivity index (χ1) is 15.1. The molecule has 0 unspecified atom stereocenters. The van der Waals surface area contributed by atoms with Gasteiger partial charge in [-0.2, -0.15) is 5.26 Å². The van der Waals surface area contributed by atoms with Gasteiger partial charge < -0.3 is 14.0 Å². The molecule has 0 aliphatic heterocycles. The van der Waals surface area contributed by atoms with Crippen molar-refractivity contribution in [3.63, 3.8) is 0 Å². The molecular weight excluding hydrogens is 414 g/mol. The van der Waals surface area contributed by atoms with Gasteiger partial charge in [0, 0.05) is 29.6 Å². The van der Waals surface area contributed by atoms with Crippen LogP contribution in [0.3, 0.4) is 0 Å². The molecule has 0 radical (unpaired) electrons. The number of aryl methyl sites for hydroxylation is 1. The summed E-state index contributed by atoms with van der Waals surface area (Å²) in [5.74, 6) is 1.31. The van der Waals surface area contributed by atoms with Gasteiger partial charge in [-0.25, -0.2) is 4.79 Å². The van der Waals surface area contributed by atoms with Crippen molar-refractivity contribution in [3.05, 3.63) is 48.0 Å². The highest BCUT2D eigenvalue weighted by Gasteiger charge is 2.18. The molecule has 0 atom stereocenters. The lowest BCUT2D eigenvalue weighted by Gasteiger charge is -2.11. The number of hydrogen-bond acceptors (Lipinski definition) is 4. The number of benzene rings is 2. The lowest BCUT2D eigenvalue weighted by molar-refractivity contribution is 0.161. The Hall–Kier alpha value is -3.17. The molecule has 0 saturated heterocycles. The SMILES string of the molecule is CCCOC(=O)Nc1ccc(-c2c(C#N)c3ccc(OCCCCl)cc3n2CC)cc1.